The number of hydrogen-bond donors (Lipinski definition) is 6. The lowest BCUT2D eigenvalue weighted by Gasteiger charge is -2.06. The molecule has 1 fully saturated rings. The normalized spacial score (nSPS) is 12.4. The molecule has 0 radical (unpaired) electrons. The van der Waals surface area contributed by atoms with E-state index in [4.69, 9.17) is 57.1 Å². The topological polar surface area (TPSA) is 162 Å². The smallest absolute Gasteiger partial charge is 0.232 e. The van der Waals surface area contributed by atoms with Crippen molar-refractivity contribution in [2.45, 2.75) is 38.5 Å². The predicted octanol–water partition coefficient (Wildman–Crippen LogP) is 4.28. The molecule has 158 valence electrons. The Labute approximate surface area is 184 Å². The summed E-state index contributed by atoms with van der Waals surface area (Å²) in [4.78, 5) is 11.4. The van der Waals surface area contributed by atoms with Gasteiger partial charge in [0.05, 0.1) is 10.7 Å². The molecule has 1 aromatic heterocycles. The molecule has 1 aliphatic rings. The minimum Gasteiger partial charge on any atom is -0.370 e. The van der Waals surface area contributed by atoms with Gasteiger partial charge in [0.25, 0.3) is 0 Å². The van der Waals surface area contributed by atoms with Crippen molar-refractivity contribution in [1.29, 1.82) is 10.8 Å². The molecule has 2 aromatic rings. The van der Waals surface area contributed by atoms with E-state index in [1.807, 2.05) is 17.4 Å². The molecule has 29 heavy (non-hydrogen) atoms. The highest BCUT2D eigenvalue weighted by Crippen LogP contribution is 2.23. The summed E-state index contributed by atoms with van der Waals surface area (Å²) >= 11 is 17.2. The second kappa shape index (κ2) is 13.8. The molecule has 1 saturated carbocycles. The summed E-state index contributed by atoms with van der Waals surface area (Å²) in [6, 6.07) is 7.18. The first-order chi connectivity index (χ1) is 13.8. The van der Waals surface area contributed by atoms with Crippen LogP contribution in [0.5, 0.6) is 0 Å². The van der Waals surface area contributed by atoms with Gasteiger partial charge in [-0.05, 0) is 35.3 Å². The van der Waals surface area contributed by atoms with Gasteiger partial charge < -0.3 is 16.8 Å². The Morgan fingerprint density at radius 1 is 0.793 bits per heavy atom. The highest BCUT2D eigenvalue weighted by atomic mass is 35.5. The Morgan fingerprint density at radius 3 is 1.62 bits per heavy atom. The summed E-state index contributed by atoms with van der Waals surface area (Å²) in [6.45, 7) is 0. The van der Waals surface area contributed by atoms with Gasteiger partial charge in [-0.25, -0.2) is 0 Å². The largest absolute Gasteiger partial charge is 0.370 e. The highest BCUT2D eigenvalue weighted by molar-refractivity contribution is 6.33. The predicted molar refractivity (Wildman–Crippen MR) is 119 cm³/mol. The minimum absolute atomic E-state index is 0.0227. The molecule has 3 rings (SSSR count). The lowest BCUT2D eigenvalue weighted by atomic mass is 10.0. The van der Waals surface area contributed by atoms with Crippen LogP contribution in [0.25, 0.3) is 0 Å². The van der Waals surface area contributed by atoms with E-state index in [2.05, 4.69) is 20.3 Å². The van der Waals surface area contributed by atoms with Crippen molar-refractivity contribution < 1.29 is 0 Å². The number of para-hydroxylation sites is 1. The van der Waals surface area contributed by atoms with Crippen molar-refractivity contribution in [1.82, 2.24) is 20.3 Å². The van der Waals surface area contributed by atoms with Crippen LogP contribution in [-0.4, -0.2) is 26.9 Å². The highest BCUT2D eigenvalue weighted by Gasteiger charge is 2.05. The molecule has 9 nitrogen and oxygen atoms in total. The van der Waals surface area contributed by atoms with Crippen molar-refractivity contribution in [3.05, 3.63) is 39.9 Å². The Kier molecular flexibility index (Phi) is 11.7. The number of halogens is 3. The van der Waals surface area contributed by atoms with Gasteiger partial charge in [-0.3, -0.25) is 16.1 Å². The van der Waals surface area contributed by atoms with E-state index < -0.39 is 0 Å². The van der Waals surface area contributed by atoms with Gasteiger partial charge >= 0.3 is 0 Å². The zero-order valence-corrected chi connectivity index (χ0v) is 18.0. The molecular formula is C17H24Cl3N9. The molecule has 0 atom stereocenters. The van der Waals surface area contributed by atoms with Gasteiger partial charge in [-0.2, -0.15) is 15.0 Å². The minimum atomic E-state index is -0.312. The molecule has 0 bridgehead atoms. The van der Waals surface area contributed by atoms with Gasteiger partial charge in [0.1, 0.15) is 0 Å². The van der Waals surface area contributed by atoms with E-state index in [1.165, 1.54) is 38.5 Å². The van der Waals surface area contributed by atoms with Crippen LogP contribution >= 0.6 is 34.8 Å². The standard InChI is InChI=1S/C9H5Cl3N4.C6H12.C2H7N5/c10-5-3-1-2-4-6(5)13-9-15-7(11)14-8(12)16-9;1-2-4-6-5-3-1;3-1(4)7-2(5)6/h1-4H,(H,13,14,15,16);1-6H2;(H7,3,4,5,6,7). The number of nitrogens with one attached hydrogen (secondary N) is 4. The lowest BCUT2D eigenvalue weighted by molar-refractivity contribution is 0.504. The van der Waals surface area contributed by atoms with Crippen LogP contribution in [-0.2, 0) is 0 Å². The number of rotatable bonds is 2. The van der Waals surface area contributed by atoms with Crippen LogP contribution in [0.2, 0.25) is 15.6 Å². The van der Waals surface area contributed by atoms with Crippen molar-refractivity contribution in [2.75, 3.05) is 5.32 Å². The molecule has 0 unspecified atom stereocenters. The average molecular weight is 461 g/mol. The fourth-order valence-electron chi connectivity index (χ4n) is 2.27. The van der Waals surface area contributed by atoms with Crippen LogP contribution in [0.3, 0.4) is 0 Å². The second-order valence-electron chi connectivity index (χ2n) is 5.88. The number of anilines is 2. The average Bonchev–Trinajstić information content (AvgIpc) is 2.64. The molecule has 1 heterocycles. The number of aromatic nitrogens is 3. The van der Waals surface area contributed by atoms with E-state index in [0.717, 1.165) is 0 Å². The van der Waals surface area contributed by atoms with Crippen LogP contribution in [0.15, 0.2) is 24.3 Å². The Balaban J connectivity index is 0.000000267. The van der Waals surface area contributed by atoms with Gasteiger partial charge in [-0.15, -0.1) is 0 Å². The number of benzene rings is 1. The van der Waals surface area contributed by atoms with Crippen LogP contribution in [0, 0.1) is 10.8 Å². The maximum Gasteiger partial charge on any atom is 0.232 e. The molecule has 0 saturated heterocycles. The lowest BCUT2D eigenvalue weighted by Crippen LogP contribution is -2.39. The molecule has 0 spiro atoms. The number of nitrogens with two attached hydrogens (primary N) is 2. The van der Waals surface area contributed by atoms with Crippen LogP contribution < -0.4 is 22.1 Å². The fourth-order valence-corrected chi connectivity index (χ4v) is 2.82. The summed E-state index contributed by atoms with van der Waals surface area (Å²) in [5.41, 5.74) is 10.2. The third-order valence-electron chi connectivity index (χ3n) is 3.47. The quantitative estimate of drug-likeness (QED) is 0.287. The van der Waals surface area contributed by atoms with Gasteiger partial charge in [0, 0.05) is 0 Å². The molecule has 8 N–H and O–H groups in total. The molecular weight excluding hydrogens is 437 g/mol. The molecule has 1 aromatic carbocycles. The molecule has 12 heteroatoms. The SMILES string of the molecule is C1CCCCC1.Clc1nc(Cl)nc(Nc2ccccc2Cl)n1.N=C(N)NC(=N)N. The zero-order valence-electron chi connectivity index (χ0n) is 15.7. The molecule has 1 aliphatic carbocycles. The number of hydrogen-bond acceptors (Lipinski definition) is 6. The first-order valence-electron chi connectivity index (χ1n) is 8.81. The summed E-state index contributed by atoms with van der Waals surface area (Å²) in [5.74, 6) is -0.377. The second-order valence-corrected chi connectivity index (χ2v) is 6.96. The first kappa shape index (κ1) is 24.7. The monoisotopic (exact) mass is 459 g/mol. The zero-order chi connectivity index (χ0) is 21.6. The Morgan fingerprint density at radius 2 is 1.24 bits per heavy atom. The summed E-state index contributed by atoms with van der Waals surface area (Å²) < 4.78 is 0. The number of nitrogens with zero attached hydrogens (tertiary/aromatic N) is 3. The summed E-state index contributed by atoms with van der Waals surface area (Å²) in [7, 11) is 0. The van der Waals surface area contributed by atoms with E-state index in [-0.39, 0.29) is 28.4 Å². The molecule has 0 amide bonds. The summed E-state index contributed by atoms with van der Waals surface area (Å²) in [6.07, 6.45) is 9.00. The van der Waals surface area contributed by atoms with Crippen molar-refractivity contribution in [2.24, 2.45) is 11.5 Å². The number of guanidine groups is 2. The van der Waals surface area contributed by atoms with E-state index in [0.29, 0.717) is 10.7 Å². The summed E-state index contributed by atoms with van der Waals surface area (Å²) in [5, 5.41) is 18.5. The molecule has 0 aliphatic heterocycles. The van der Waals surface area contributed by atoms with E-state index in [9.17, 15) is 0 Å². The maximum atomic E-state index is 6.47. The Bertz CT molecular complexity index is 754. The van der Waals surface area contributed by atoms with E-state index >= 15 is 0 Å². The van der Waals surface area contributed by atoms with Crippen molar-refractivity contribution >= 4 is 58.4 Å². The van der Waals surface area contributed by atoms with Gasteiger partial charge in [0.2, 0.25) is 16.5 Å². The van der Waals surface area contributed by atoms with Crippen LogP contribution in [0.1, 0.15) is 38.5 Å². The first-order valence-corrected chi connectivity index (χ1v) is 9.95. The van der Waals surface area contributed by atoms with E-state index in [1.54, 1.807) is 12.1 Å². The fraction of sp³-hybridized carbons (Fsp3) is 0.353. The van der Waals surface area contributed by atoms with Crippen molar-refractivity contribution in [3.8, 4) is 0 Å². The van der Waals surface area contributed by atoms with Crippen molar-refractivity contribution in [3.63, 3.8) is 0 Å². The van der Waals surface area contributed by atoms with Gasteiger partial charge in [0.15, 0.2) is 11.9 Å². The third kappa shape index (κ3) is 11.9. The van der Waals surface area contributed by atoms with Crippen LogP contribution in [0.4, 0.5) is 11.6 Å². The maximum absolute atomic E-state index is 6.47. The third-order valence-corrected chi connectivity index (χ3v) is 4.14. The Hall–Kier alpha value is -2.36. The van der Waals surface area contributed by atoms with Gasteiger partial charge in [-0.1, -0.05) is 62.3 Å².